The van der Waals surface area contributed by atoms with Crippen molar-refractivity contribution in [2.75, 3.05) is 11.9 Å². The van der Waals surface area contributed by atoms with Gasteiger partial charge in [-0.2, -0.15) is 0 Å². The first-order valence-electron chi connectivity index (χ1n) is 9.81. The molecular formula is C24H23N3O3. The molecular weight excluding hydrogens is 378 g/mol. The zero-order chi connectivity index (χ0) is 20.9. The molecule has 6 heteroatoms. The van der Waals surface area contributed by atoms with Crippen LogP contribution in [0.2, 0.25) is 0 Å². The SMILES string of the molecule is NC(=O)[C@@H]1Cc2ccccc2CN1CC(=O)Nc1ccc(Oc2ccccc2)cc1. The highest BCUT2D eigenvalue weighted by Gasteiger charge is 2.31. The van der Waals surface area contributed by atoms with E-state index in [2.05, 4.69) is 5.32 Å². The molecule has 0 bridgehead atoms. The van der Waals surface area contributed by atoms with Crippen molar-refractivity contribution in [1.82, 2.24) is 4.90 Å². The topological polar surface area (TPSA) is 84.7 Å². The summed E-state index contributed by atoms with van der Waals surface area (Å²) in [5.74, 6) is 0.815. The maximum Gasteiger partial charge on any atom is 0.238 e. The molecule has 0 spiro atoms. The molecule has 6 nitrogen and oxygen atoms in total. The first-order valence-corrected chi connectivity index (χ1v) is 9.81. The molecule has 0 aliphatic carbocycles. The van der Waals surface area contributed by atoms with Crippen LogP contribution in [0, 0.1) is 0 Å². The fourth-order valence-electron chi connectivity index (χ4n) is 3.64. The number of ether oxygens (including phenoxy) is 1. The van der Waals surface area contributed by atoms with Crippen molar-refractivity contribution in [2.45, 2.75) is 19.0 Å². The summed E-state index contributed by atoms with van der Waals surface area (Å²) in [7, 11) is 0. The van der Waals surface area contributed by atoms with Crippen LogP contribution in [0.4, 0.5) is 5.69 Å². The second-order valence-corrected chi connectivity index (χ2v) is 7.28. The Morgan fingerprint density at radius 3 is 2.23 bits per heavy atom. The molecule has 30 heavy (non-hydrogen) atoms. The monoisotopic (exact) mass is 401 g/mol. The number of nitrogens with two attached hydrogens (primary N) is 1. The number of anilines is 1. The molecule has 0 aromatic heterocycles. The molecule has 2 amide bonds. The van der Waals surface area contributed by atoms with Crippen molar-refractivity contribution in [3.63, 3.8) is 0 Å². The molecule has 0 radical (unpaired) electrons. The van der Waals surface area contributed by atoms with Gasteiger partial charge in [-0.1, -0.05) is 42.5 Å². The lowest BCUT2D eigenvalue weighted by Crippen LogP contribution is -2.50. The molecule has 1 atom stereocenters. The van der Waals surface area contributed by atoms with Crippen LogP contribution in [0.5, 0.6) is 11.5 Å². The Bertz CT molecular complexity index is 1040. The van der Waals surface area contributed by atoms with E-state index >= 15 is 0 Å². The number of benzene rings is 3. The minimum absolute atomic E-state index is 0.0875. The minimum atomic E-state index is -0.493. The second-order valence-electron chi connectivity index (χ2n) is 7.28. The van der Waals surface area contributed by atoms with E-state index in [0.29, 0.717) is 24.4 Å². The van der Waals surface area contributed by atoms with Crippen molar-refractivity contribution in [1.29, 1.82) is 0 Å². The van der Waals surface area contributed by atoms with Crippen LogP contribution in [0.25, 0.3) is 0 Å². The van der Waals surface area contributed by atoms with Crippen LogP contribution in [0.15, 0.2) is 78.9 Å². The fourth-order valence-corrected chi connectivity index (χ4v) is 3.64. The van der Waals surface area contributed by atoms with Gasteiger partial charge in [-0.15, -0.1) is 0 Å². The van der Waals surface area contributed by atoms with Crippen LogP contribution >= 0.6 is 0 Å². The summed E-state index contributed by atoms with van der Waals surface area (Å²) in [5, 5.41) is 2.88. The van der Waals surface area contributed by atoms with E-state index in [0.717, 1.165) is 16.9 Å². The molecule has 4 rings (SSSR count). The summed E-state index contributed by atoms with van der Waals surface area (Å²) in [6, 6.07) is 24.1. The lowest BCUT2D eigenvalue weighted by molar-refractivity contribution is -0.125. The van der Waals surface area contributed by atoms with Crippen LogP contribution in [0.1, 0.15) is 11.1 Å². The van der Waals surface area contributed by atoms with Crippen LogP contribution in [-0.2, 0) is 22.6 Å². The number of nitrogens with one attached hydrogen (secondary N) is 1. The van der Waals surface area contributed by atoms with Gasteiger partial charge >= 0.3 is 0 Å². The smallest absolute Gasteiger partial charge is 0.238 e. The summed E-state index contributed by atoms with van der Waals surface area (Å²) >= 11 is 0. The second kappa shape index (κ2) is 8.80. The molecule has 3 aromatic rings. The first-order chi connectivity index (χ1) is 14.6. The van der Waals surface area contributed by atoms with E-state index in [1.165, 1.54) is 0 Å². The maximum atomic E-state index is 12.6. The van der Waals surface area contributed by atoms with Gasteiger partial charge in [0.25, 0.3) is 0 Å². The molecule has 1 heterocycles. The number of carbonyl (C=O) groups is 2. The average Bonchev–Trinajstić information content (AvgIpc) is 2.75. The van der Waals surface area contributed by atoms with E-state index in [9.17, 15) is 9.59 Å². The standard InChI is InChI=1S/C24H23N3O3/c25-24(29)22-14-17-6-4-5-7-18(17)15-27(22)16-23(28)26-19-10-12-21(13-11-19)30-20-8-2-1-3-9-20/h1-13,22H,14-16H2,(H2,25,29)(H,26,28)/t22-/m0/s1. The molecule has 1 aliphatic heterocycles. The maximum absolute atomic E-state index is 12.6. The van der Waals surface area contributed by atoms with Gasteiger partial charge < -0.3 is 15.8 Å². The minimum Gasteiger partial charge on any atom is -0.457 e. The molecule has 0 unspecified atom stereocenters. The number of amides is 2. The van der Waals surface area contributed by atoms with Gasteiger partial charge in [-0.25, -0.2) is 0 Å². The van der Waals surface area contributed by atoms with Gasteiger partial charge in [0.1, 0.15) is 11.5 Å². The predicted molar refractivity (Wildman–Crippen MR) is 115 cm³/mol. The van der Waals surface area contributed by atoms with E-state index < -0.39 is 11.9 Å². The highest BCUT2D eigenvalue weighted by atomic mass is 16.5. The number of nitrogens with zero attached hydrogens (tertiary/aromatic N) is 1. The van der Waals surface area contributed by atoms with E-state index in [1.54, 1.807) is 24.3 Å². The van der Waals surface area contributed by atoms with Gasteiger partial charge in [0.15, 0.2) is 0 Å². The van der Waals surface area contributed by atoms with Crippen LogP contribution in [-0.4, -0.2) is 29.3 Å². The fraction of sp³-hybridized carbons (Fsp3) is 0.167. The normalized spacial score (nSPS) is 15.8. The molecule has 3 N–H and O–H groups in total. The van der Waals surface area contributed by atoms with Crippen molar-refractivity contribution in [2.24, 2.45) is 5.73 Å². The Morgan fingerprint density at radius 1 is 0.900 bits per heavy atom. The zero-order valence-corrected chi connectivity index (χ0v) is 16.5. The summed E-state index contributed by atoms with van der Waals surface area (Å²) in [5.41, 5.74) is 8.48. The molecule has 152 valence electrons. The van der Waals surface area contributed by atoms with Crippen molar-refractivity contribution >= 4 is 17.5 Å². The van der Waals surface area contributed by atoms with E-state index in [1.807, 2.05) is 59.5 Å². The third kappa shape index (κ3) is 4.67. The largest absolute Gasteiger partial charge is 0.457 e. The lowest BCUT2D eigenvalue weighted by atomic mass is 9.93. The van der Waals surface area contributed by atoms with E-state index in [-0.39, 0.29) is 12.5 Å². The average molecular weight is 401 g/mol. The summed E-state index contributed by atoms with van der Waals surface area (Å²) in [6.07, 6.45) is 0.518. The van der Waals surface area contributed by atoms with E-state index in [4.69, 9.17) is 10.5 Å². The number of rotatable bonds is 6. The van der Waals surface area contributed by atoms with Crippen molar-refractivity contribution in [3.05, 3.63) is 90.0 Å². The number of fused-ring (bicyclic) bond motifs is 1. The molecule has 0 saturated carbocycles. The molecule has 1 aliphatic rings. The summed E-state index contributed by atoms with van der Waals surface area (Å²) < 4.78 is 5.76. The summed E-state index contributed by atoms with van der Waals surface area (Å²) in [6.45, 7) is 0.602. The van der Waals surface area contributed by atoms with Crippen LogP contribution < -0.4 is 15.8 Å². The highest BCUT2D eigenvalue weighted by Crippen LogP contribution is 2.24. The van der Waals surface area contributed by atoms with Gasteiger partial charge in [0, 0.05) is 12.2 Å². The third-order valence-electron chi connectivity index (χ3n) is 5.14. The Morgan fingerprint density at radius 2 is 1.53 bits per heavy atom. The third-order valence-corrected chi connectivity index (χ3v) is 5.14. The van der Waals surface area contributed by atoms with Gasteiger partial charge in [0.2, 0.25) is 11.8 Å². The summed E-state index contributed by atoms with van der Waals surface area (Å²) in [4.78, 5) is 26.4. The van der Waals surface area contributed by atoms with Crippen LogP contribution in [0.3, 0.4) is 0 Å². The Labute approximate surface area is 175 Å². The predicted octanol–water partition coefficient (Wildman–Crippen LogP) is 3.33. The van der Waals surface area contributed by atoms with Gasteiger partial charge in [-0.3, -0.25) is 14.5 Å². The quantitative estimate of drug-likeness (QED) is 0.664. The van der Waals surface area contributed by atoms with Crippen molar-refractivity contribution < 1.29 is 14.3 Å². The molecule has 3 aromatic carbocycles. The number of para-hydroxylation sites is 1. The first kappa shape index (κ1) is 19.7. The Kier molecular flexibility index (Phi) is 5.77. The molecule has 0 fully saturated rings. The molecule has 0 saturated heterocycles. The van der Waals surface area contributed by atoms with Gasteiger partial charge in [-0.05, 0) is 53.9 Å². The lowest BCUT2D eigenvalue weighted by Gasteiger charge is -2.34. The Balaban J connectivity index is 1.38. The number of hydrogen-bond acceptors (Lipinski definition) is 4. The zero-order valence-electron chi connectivity index (χ0n) is 16.5. The number of carbonyl (C=O) groups excluding carboxylic acids is 2. The highest BCUT2D eigenvalue weighted by molar-refractivity contribution is 5.93. The van der Waals surface area contributed by atoms with Gasteiger partial charge in [0.05, 0.1) is 12.6 Å². The number of hydrogen-bond donors (Lipinski definition) is 2. The Hall–Kier alpha value is -3.64. The number of primary amides is 1. The van der Waals surface area contributed by atoms with Crippen molar-refractivity contribution in [3.8, 4) is 11.5 Å².